The minimum absolute atomic E-state index is 0.0952. The molecule has 0 saturated carbocycles. The van der Waals surface area contributed by atoms with Crippen molar-refractivity contribution in [3.63, 3.8) is 0 Å². The van der Waals surface area contributed by atoms with E-state index in [1.807, 2.05) is 0 Å². The predicted molar refractivity (Wildman–Crippen MR) is 100.0 cm³/mol. The fourth-order valence-corrected chi connectivity index (χ4v) is 4.51. The molecular formula is C21H32N2. The molecule has 126 valence electrons. The van der Waals surface area contributed by atoms with Gasteiger partial charge in [-0.3, -0.25) is 0 Å². The van der Waals surface area contributed by atoms with Crippen LogP contribution in [0.2, 0.25) is 0 Å². The van der Waals surface area contributed by atoms with Crippen molar-refractivity contribution in [3.05, 3.63) is 39.7 Å². The standard InChI is InChI=1S/C21H32N2/c1-12-13(2)15(4)19-18(14(12)3)21(8,9)20(6,7)17-11-22(10)16(5)23(17)19/h11,16H,1-10H3/t16-/m1/s1. The van der Waals surface area contributed by atoms with E-state index in [0.29, 0.717) is 6.17 Å². The Morgan fingerprint density at radius 1 is 0.826 bits per heavy atom. The molecule has 1 atom stereocenters. The fourth-order valence-electron chi connectivity index (χ4n) is 4.51. The average Bonchev–Trinajstić information content (AvgIpc) is 2.76. The van der Waals surface area contributed by atoms with E-state index in [9.17, 15) is 0 Å². The summed E-state index contributed by atoms with van der Waals surface area (Å²) in [6, 6.07) is 0. The number of hydrogen-bond donors (Lipinski definition) is 0. The second kappa shape index (κ2) is 4.55. The van der Waals surface area contributed by atoms with Gasteiger partial charge in [-0.15, -0.1) is 0 Å². The average molecular weight is 313 g/mol. The Hall–Kier alpha value is -1.44. The summed E-state index contributed by atoms with van der Waals surface area (Å²) in [6.45, 7) is 21.2. The maximum Gasteiger partial charge on any atom is 0.102 e. The van der Waals surface area contributed by atoms with E-state index in [-0.39, 0.29) is 10.8 Å². The van der Waals surface area contributed by atoms with Crippen LogP contribution in [0.1, 0.15) is 62.4 Å². The molecule has 0 aromatic heterocycles. The maximum atomic E-state index is 2.59. The summed E-state index contributed by atoms with van der Waals surface area (Å²) in [5, 5.41) is 0. The molecule has 0 amide bonds. The highest BCUT2D eigenvalue weighted by Crippen LogP contribution is 2.59. The van der Waals surface area contributed by atoms with Gasteiger partial charge in [0.1, 0.15) is 6.17 Å². The summed E-state index contributed by atoms with van der Waals surface area (Å²) < 4.78 is 0. The van der Waals surface area contributed by atoms with Gasteiger partial charge in [0, 0.05) is 29.8 Å². The quantitative estimate of drug-likeness (QED) is 0.651. The SMILES string of the molecule is Cc1c(C)c(C)c2c(c1C)N1C(=CN(C)[C@H]1C)C(C)(C)C2(C)C. The highest BCUT2D eigenvalue weighted by atomic mass is 15.4. The van der Waals surface area contributed by atoms with Crippen LogP contribution in [0, 0.1) is 33.1 Å². The van der Waals surface area contributed by atoms with Gasteiger partial charge in [-0.05, 0) is 62.4 Å². The van der Waals surface area contributed by atoms with Gasteiger partial charge in [0.15, 0.2) is 0 Å². The minimum atomic E-state index is 0.0952. The van der Waals surface area contributed by atoms with Gasteiger partial charge < -0.3 is 9.80 Å². The van der Waals surface area contributed by atoms with Crippen molar-refractivity contribution < 1.29 is 0 Å². The second-order valence-electron chi connectivity index (χ2n) is 8.66. The lowest BCUT2D eigenvalue weighted by Gasteiger charge is -2.54. The van der Waals surface area contributed by atoms with Crippen LogP contribution in [-0.2, 0) is 5.41 Å². The molecule has 0 bridgehead atoms. The molecule has 0 aliphatic carbocycles. The summed E-state index contributed by atoms with van der Waals surface area (Å²) in [7, 11) is 2.20. The molecule has 2 heteroatoms. The van der Waals surface area contributed by atoms with Gasteiger partial charge in [-0.2, -0.15) is 0 Å². The number of rotatable bonds is 0. The van der Waals surface area contributed by atoms with E-state index in [1.165, 1.54) is 33.6 Å². The third-order valence-electron chi connectivity index (χ3n) is 7.27. The van der Waals surface area contributed by atoms with Gasteiger partial charge in [-0.25, -0.2) is 0 Å². The van der Waals surface area contributed by atoms with Gasteiger partial charge in [-0.1, -0.05) is 27.7 Å². The highest BCUT2D eigenvalue weighted by molar-refractivity contribution is 5.75. The summed E-state index contributed by atoms with van der Waals surface area (Å²) in [5.74, 6) is 0. The number of hydrogen-bond acceptors (Lipinski definition) is 2. The van der Waals surface area contributed by atoms with Crippen molar-refractivity contribution in [2.75, 3.05) is 11.9 Å². The molecule has 0 spiro atoms. The van der Waals surface area contributed by atoms with Crippen LogP contribution in [0.5, 0.6) is 0 Å². The van der Waals surface area contributed by atoms with E-state index < -0.39 is 0 Å². The van der Waals surface area contributed by atoms with Crippen molar-refractivity contribution in [2.45, 2.75) is 73.9 Å². The zero-order valence-electron chi connectivity index (χ0n) is 16.5. The van der Waals surface area contributed by atoms with E-state index in [2.05, 4.69) is 85.4 Å². The monoisotopic (exact) mass is 312 g/mol. The van der Waals surface area contributed by atoms with Crippen molar-refractivity contribution in [1.29, 1.82) is 0 Å². The lowest BCUT2D eigenvalue weighted by atomic mass is 9.58. The van der Waals surface area contributed by atoms with Crippen molar-refractivity contribution in [3.8, 4) is 0 Å². The Bertz CT molecular complexity index is 722. The maximum absolute atomic E-state index is 2.59. The first kappa shape index (κ1) is 16.4. The highest BCUT2D eigenvalue weighted by Gasteiger charge is 2.53. The van der Waals surface area contributed by atoms with Crippen molar-refractivity contribution in [1.82, 2.24) is 4.90 Å². The zero-order chi connectivity index (χ0) is 17.5. The van der Waals surface area contributed by atoms with E-state index in [1.54, 1.807) is 5.56 Å². The molecule has 0 N–H and O–H groups in total. The van der Waals surface area contributed by atoms with Gasteiger partial charge in [0.2, 0.25) is 0 Å². The molecular weight excluding hydrogens is 280 g/mol. The van der Waals surface area contributed by atoms with Gasteiger partial charge in [0.25, 0.3) is 0 Å². The van der Waals surface area contributed by atoms with Crippen LogP contribution in [0.15, 0.2) is 11.9 Å². The molecule has 0 radical (unpaired) electrons. The van der Waals surface area contributed by atoms with E-state index in [0.717, 1.165) is 0 Å². The van der Waals surface area contributed by atoms with Crippen LogP contribution in [-0.4, -0.2) is 18.1 Å². The summed E-state index contributed by atoms with van der Waals surface area (Å²) in [6.07, 6.45) is 2.73. The minimum Gasteiger partial charge on any atom is -0.359 e. The van der Waals surface area contributed by atoms with E-state index >= 15 is 0 Å². The van der Waals surface area contributed by atoms with Gasteiger partial charge in [0.05, 0.1) is 5.69 Å². The molecule has 2 aliphatic rings. The van der Waals surface area contributed by atoms with Crippen molar-refractivity contribution >= 4 is 5.69 Å². The summed E-state index contributed by atoms with van der Waals surface area (Å²) in [4.78, 5) is 4.95. The first-order chi connectivity index (χ1) is 10.4. The molecule has 2 aliphatic heterocycles. The zero-order valence-corrected chi connectivity index (χ0v) is 16.5. The Kier molecular flexibility index (Phi) is 3.25. The normalized spacial score (nSPS) is 24.4. The first-order valence-corrected chi connectivity index (χ1v) is 8.79. The molecule has 2 nitrogen and oxygen atoms in total. The molecule has 23 heavy (non-hydrogen) atoms. The van der Waals surface area contributed by atoms with Crippen molar-refractivity contribution in [2.24, 2.45) is 5.41 Å². The second-order valence-corrected chi connectivity index (χ2v) is 8.66. The third-order valence-corrected chi connectivity index (χ3v) is 7.27. The molecule has 0 saturated heterocycles. The Morgan fingerprint density at radius 2 is 1.35 bits per heavy atom. The van der Waals surface area contributed by atoms with Gasteiger partial charge >= 0.3 is 0 Å². The molecule has 0 fully saturated rings. The van der Waals surface area contributed by atoms with Crippen LogP contribution in [0.3, 0.4) is 0 Å². The summed E-state index contributed by atoms with van der Waals surface area (Å²) in [5.41, 5.74) is 10.5. The van der Waals surface area contributed by atoms with Crippen LogP contribution in [0.25, 0.3) is 0 Å². The lowest BCUT2D eigenvalue weighted by molar-refractivity contribution is 0.230. The number of benzene rings is 1. The molecule has 1 aromatic rings. The Morgan fingerprint density at radius 3 is 1.91 bits per heavy atom. The van der Waals surface area contributed by atoms with Crippen LogP contribution in [0.4, 0.5) is 5.69 Å². The Balaban J connectivity index is 2.48. The largest absolute Gasteiger partial charge is 0.359 e. The number of nitrogens with zero attached hydrogens (tertiary/aromatic N) is 2. The molecule has 2 heterocycles. The fraction of sp³-hybridized carbons (Fsp3) is 0.619. The van der Waals surface area contributed by atoms with Crippen LogP contribution < -0.4 is 4.90 Å². The summed E-state index contributed by atoms with van der Waals surface area (Å²) >= 11 is 0. The first-order valence-electron chi connectivity index (χ1n) is 8.79. The van der Waals surface area contributed by atoms with Crippen LogP contribution >= 0.6 is 0 Å². The number of fused-ring (bicyclic) bond motifs is 3. The smallest absolute Gasteiger partial charge is 0.102 e. The predicted octanol–water partition coefficient (Wildman–Crippen LogP) is 5.18. The Labute approximate surface area is 142 Å². The molecule has 1 aromatic carbocycles. The third kappa shape index (κ3) is 1.75. The topological polar surface area (TPSA) is 6.48 Å². The molecule has 3 rings (SSSR count). The number of anilines is 1. The molecule has 0 unspecified atom stereocenters. The number of allylic oxidation sites excluding steroid dienone is 1. The van der Waals surface area contributed by atoms with E-state index in [4.69, 9.17) is 0 Å². The lowest BCUT2D eigenvalue weighted by Crippen LogP contribution is -2.51.